The van der Waals surface area contributed by atoms with Crippen molar-refractivity contribution >= 4 is 64.5 Å². The van der Waals surface area contributed by atoms with Gasteiger partial charge in [-0.15, -0.1) is 11.3 Å². The lowest BCUT2D eigenvalue weighted by Gasteiger charge is -2.09. The summed E-state index contributed by atoms with van der Waals surface area (Å²) in [5, 5.41) is 4.88. The minimum atomic E-state index is 0.912. The molecule has 3 aromatic heterocycles. The van der Waals surface area contributed by atoms with E-state index < -0.39 is 0 Å². The Balaban J connectivity index is 1.33. The predicted molar refractivity (Wildman–Crippen MR) is 174 cm³/mol. The predicted octanol–water partition coefficient (Wildman–Crippen LogP) is 11.2. The first-order valence-electron chi connectivity index (χ1n) is 13.9. The Morgan fingerprint density at radius 2 is 1.27 bits per heavy atom. The molecular weight excluding hydrogens is 518 g/mol. The quantitative estimate of drug-likeness (QED) is 0.217. The Morgan fingerprint density at radius 3 is 2.15 bits per heavy atom. The lowest BCUT2D eigenvalue weighted by atomic mass is 9.97. The molecule has 41 heavy (non-hydrogen) atoms. The van der Waals surface area contributed by atoms with E-state index in [4.69, 9.17) is 4.42 Å². The van der Waals surface area contributed by atoms with E-state index >= 15 is 0 Å². The number of hydrogen-bond donors (Lipinski definition) is 0. The molecule has 9 aromatic rings. The number of benzene rings is 6. The summed E-state index contributed by atoms with van der Waals surface area (Å²) in [6.45, 7) is 0. The maximum absolute atomic E-state index is 6.56. The van der Waals surface area contributed by atoms with Gasteiger partial charge in [0.1, 0.15) is 11.2 Å². The summed E-state index contributed by atoms with van der Waals surface area (Å²) in [5.74, 6) is 0. The summed E-state index contributed by atoms with van der Waals surface area (Å²) in [6.07, 6.45) is 0. The van der Waals surface area contributed by atoms with Gasteiger partial charge in [0.25, 0.3) is 0 Å². The van der Waals surface area contributed by atoms with Gasteiger partial charge in [-0.25, -0.2) is 0 Å². The third-order valence-electron chi connectivity index (χ3n) is 8.21. The van der Waals surface area contributed by atoms with Crippen LogP contribution in [0.15, 0.2) is 144 Å². The average molecular weight is 542 g/mol. The number of rotatable bonds is 3. The Bertz CT molecular complexity index is 2410. The first-order chi connectivity index (χ1) is 20.3. The highest BCUT2D eigenvalue weighted by Crippen LogP contribution is 2.45. The summed E-state index contributed by atoms with van der Waals surface area (Å²) in [6, 6.07) is 49.8. The van der Waals surface area contributed by atoms with Crippen LogP contribution >= 0.6 is 11.3 Å². The number of fused-ring (bicyclic) bond motifs is 8. The fourth-order valence-corrected chi connectivity index (χ4v) is 7.62. The molecule has 0 saturated carbocycles. The second kappa shape index (κ2) is 8.69. The van der Waals surface area contributed by atoms with E-state index in [0.29, 0.717) is 0 Å². The maximum atomic E-state index is 6.56. The van der Waals surface area contributed by atoms with Gasteiger partial charge in [0.15, 0.2) is 0 Å². The SMILES string of the molecule is c1ccc(-c2cccc3c2oc2cccc(-c4ccc5sc6c7ccccc7n(-c7ccccc7)c6c5c4)c23)cc1. The van der Waals surface area contributed by atoms with Crippen molar-refractivity contribution in [1.82, 2.24) is 4.57 Å². The third kappa shape index (κ3) is 3.30. The van der Waals surface area contributed by atoms with E-state index in [1.807, 2.05) is 11.3 Å². The Morgan fingerprint density at radius 1 is 0.537 bits per heavy atom. The summed E-state index contributed by atoms with van der Waals surface area (Å²) in [4.78, 5) is 0. The van der Waals surface area contributed by atoms with Crippen molar-refractivity contribution in [2.45, 2.75) is 0 Å². The monoisotopic (exact) mass is 541 g/mol. The molecule has 0 aliphatic carbocycles. The van der Waals surface area contributed by atoms with Gasteiger partial charge in [-0.2, -0.15) is 0 Å². The fourth-order valence-electron chi connectivity index (χ4n) is 6.42. The Labute approximate surface area is 240 Å². The van der Waals surface area contributed by atoms with Crippen molar-refractivity contribution in [3.8, 4) is 27.9 Å². The number of furan rings is 1. The largest absolute Gasteiger partial charge is 0.455 e. The number of nitrogens with zero attached hydrogens (tertiary/aromatic N) is 1. The lowest BCUT2D eigenvalue weighted by molar-refractivity contribution is 0.670. The van der Waals surface area contributed by atoms with E-state index in [2.05, 4.69) is 144 Å². The highest BCUT2D eigenvalue weighted by atomic mass is 32.1. The van der Waals surface area contributed by atoms with Crippen LogP contribution in [0.1, 0.15) is 0 Å². The average Bonchev–Trinajstić information content (AvgIpc) is 3.70. The fraction of sp³-hybridized carbons (Fsp3) is 0. The van der Waals surface area contributed by atoms with Crippen LogP contribution in [-0.2, 0) is 0 Å². The van der Waals surface area contributed by atoms with Crippen LogP contribution in [-0.4, -0.2) is 4.57 Å². The second-order valence-electron chi connectivity index (χ2n) is 10.5. The summed E-state index contributed by atoms with van der Waals surface area (Å²) in [7, 11) is 0. The molecule has 0 bridgehead atoms. The molecule has 0 atom stereocenters. The van der Waals surface area contributed by atoms with Crippen LogP contribution in [0.2, 0.25) is 0 Å². The van der Waals surface area contributed by atoms with Crippen LogP contribution < -0.4 is 0 Å². The number of para-hydroxylation sites is 3. The Kier molecular flexibility index (Phi) is 4.80. The molecule has 0 aliphatic heterocycles. The zero-order valence-electron chi connectivity index (χ0n) is 22.0. The van der Waals surface area contributed by atoms with Crippen molar-refractivity contribution in [2.24, 2.45) is 0 Å². The van der Waals surface area contributed by atoms with Crippen LogP contribution in [0.3, 0.4) is 0 Å². The summed E-state index contributed by atoms with van der Waals surface area (Å²) in [5.41, 5.74) is 10.2. The van der Waals surface area contributed by atoms with Crippen LogP contribution in [0.25, 0.3) is 81.1 Å². The molecule has 0 fully saturated rings. The van der Waals surface area contributed by atoms with Crippen molar-refractivity contribution < 1.29 is 4.42 Å². The van der Waals surface area contributed by atoms with Gasteiger partial charge < -0.3 is 8.98 Å². The third-order valence-corrected chi connectivity index (χ3v) is 9.40. The lowest BCUT2D eigenvalue weighted by Crippen LogP contribution is -1.92. The van der Waals surface area contributed by atoms with Gasteiger partial charge >= 0.3 is 0 Å². The van der Waals surface area contributed by atoms with Crippen LogP contribution in [0.4, 0.5) is 0 Å². The topological polar surface area (TPSA) is 18.1 Å². The Hall–Kier alpha value is -5.12. The van der Waals surface area contributed by atoms with Gasteiger partial charge in [-0.3, -0.25) is 0 Å². The van der Waals surface area contributed by atoms with Crippen molar-refractivity contribution in [1.29, 1.82) is 0 Å². The van der Waals surface area contributed by atoms with E-state index in [9.17, 15) is 0 Å². The van der Waals surface area contributed by atoms with Gasteiger partial charge in [0.05, 0.1) is 15.7 Å². The molecule has 0 N–H and O–H groups in total. The molecule has 2 nitrogen and oxygen atoms in total. The minimum Gasteiger partial charge on any atom is -0.455 e. The minimum absolute atomic E-state index is 0.912. The summed E-state index contributed by atoms with van der Waals surface area (Å²) >= 11 is 1.88. The van der Waals surface area contributed by atoms with E-state index in [0.717, 1.165) is 33.1 Å². The van der Waals surface area contributed by atoms with Crippen molar-refractivity contribution in [3.05, 3.63) is 140 Å². The first kappa shape index (κ1) is 22.7. The standard InChI is InChI=1S/C38H23NOS/c1-3-11-24(12-4-1)28-17-9-18-30-35-27(16-10-20-33(35)40-37(28)30)25-21-22-34-31(23-25)36-38(41-34)29-15-7-8-19-32(29)39(36)26-13-5-2-6-14-26/h1-23H. The molecule has 0 aliphatic rings. The van der Waals surface area contributed by atoms with E-state index in [1.165, 1.54) is 48.0 Å². The molecule has 0 spiro atoms. The first-order valence-corrected chi connectivity index (χ1v) is 14.7. The number of hydrogen-bond acceptors (Lipinski definition) is 2. The highest BCUT2D eigenvalue weighted by molar-refractivity contribution is 7.26. The maximum Gasteiger partial charge on any atom is 0.143 e. The summed E-state index contributed by atoms with van der Waals surface area (Å²) < 4.78 is 11.6. The molecule has 192 valence electrons. The van der Waals surface area contributed by atoms with E-state index in [-0.39, 0.29) is 0 Å². The molecule has 9 rings (SSSR count). The zero-order valence-corrected chi connectivity index (χ0v) is 22.9. The smallest absolute Gasteiger partial charge is 0.143 e. The molecule has 6 aromatic carbocycles. The van der Waals surface area contributed by atoms with Gasteiger partial charge in [-0.1, -0.05) is 103 Å². The normalized spacial score (nSPS) is 11.9. The number of thiophene rings is 1. The van der Waals surface area contributed by atoms with Gasteiger partial charge in [-0.05, 0) is 53.1 Å². The number of aromatic nitrogens is 1. The second-order valence-corrected chi connectivity index (χ2v) is 11.6. The van der Waals surface area contributed by atoms with Crippen molar-refractivity contribution in [3.63, 3.8) is 0 Å². The highest BCUT2D eigenvalue weighted by Gasteiger charge is 2.20. The molecular formula is C38H23NOS. The molecule has 3 heterocycles. The van der Waals surface area contributed by atoms with Crippen LogP contribution in [0.5, 0.6) is 0 Å². The molecule has 3 heteroatoms. The molecule has 0 radical (unpaired) electrons. The molecule has 0 unspecified atom stereocenters. The zero-order chi connectivity index (χ0) is 26.9. The molecule has 0 saturated heterocycles. The molecule has 0 amide bonds. The van der Waals surface area contributed by atoms with E-state index in [1.54, 1.807) is 0 Å². The van der Waals surface area contributed by atoms with Gasteiger partial charge in [0.2, 0.25) is 0 Å². The van der Waals surface area contributed by atoms with Crippen molar-refractivity contribution in [2.75, 3.05) is 0 Å². The van der Waals surface area contributed by atoms with Gasteiger partial charge in [0, 0.05) is 37.5 Å². The van der Waals surface area contributed by atoms with Crippen LogP contribution in [0, 0.1) is 0 Å².